The summed E-state index contributed by atoms with van der Waals surface area (Å²) in [6.07, 6.45) is 0. The maximum Gasteiger partial charge on any atom is 0.261 e. The first-order chi connectivity index (χ1) is 10.4. The van der Waals surface area contributed by atoms with Gasteiger partial charge in [0.25, 0.3) is 10.0 Å². The van der Waals surface area contributed by atoms with Crippen molar-refractivity contribution >= 4 is 54.2 Å². The zero-order chi connectivity index (χ0) is 16.2. The van der Waals surface area contributed by atoms with Gasteiger partial charge in [-0.05, 0) is 29.8 Å². The largest absolute Gasteiger partial charge is 0.281 e. The van der Waals surface area contributed by atoms with Crippen LogP contribution in [-0.4, -0.2) is 14.3 Å². The van der Waals surface area contributed by atoms with Crippen molar-refractivity contribution in [2.75, 3.05) is 5.88 Å². The van der Waals surface area contributed by atoms with E-state index in [2.05, 4.69) is 20.7 Å². The summed E-state index contributed by atoms with van der Waals surface area (Å²) in [5, 5.41) is 0.266. The summed E-state index contributed by atoms with van der Waals surface area (Å²) in [6.45, 7) is 0. The van der Waals surface area contributed by atoms with E-state index in [-0.39, 0.29) is 21.5 Å². The molecular weight excluding hydrogens is 409 g/mol. The highest BCUT2D eigenvalue weighted by Crippen LogP contribution is 2.25. The van der Waals surface area contributed by atoms with Crippen LogP contribution in [0, 0.1) is 0 Å². The highest BCUT2D eigenvalue weighted by atomic mass is 79.9. The molecule has 0 aliphatic carbocycles. The predicted octanol–water partition coefficient (Wildman–Crippen LogP) is 4.57. The Kier molecular flexibility index (Phi) is 5.92. The average Bonchev–Trinajstić information content (AvgIpc) is 2.53. The molecule has 0 bridgehead atoms. The third-order valence-electron chi connectivity index (χ3n) is 2.81. The smallest absolute Gasteiger partial charge is 0.261 e. The third kappa shape index (κ3) is 4.26. The second-order valence-corrected chi connectivity index (χ2v) is 7.59. The van der Waals surface area contributed by atoms with E-state index in [9.17, 15) is 8.42 Å². The second kappa shape index (κ2) is 7.51. The molecule has 0 saturated heterocycles. The Labute approximate surface area is 148 Å². The number of rotatable bonds is 5. The Bertz CT molecular complexity index is 775. The Morgan fingerprint density at radius 2 is 1.64 bits per heavy atom. The molecule has 0 atom stereocenters. The number of hydrogen-bond acceptors (Lipinski definition) is 2. The van der Waals surface area contributed by atoms with Crippen molar-refractivity contribution in [1.82, 2.24) is 4.72 Å². The molecule has 0 aliphatic heterocycles. The van der Waals surface area contributed by atoms with Crippen LogP contribution in [0.25, 0.3) is 5.03 Å². The van der Waals surface area contributed by atoms with Gasteiger partial charge in [0.1, 0.15) is 0 Å². The molecule has 0 heterocycles. The van der Waals surface area contributed by atoms with E-state index in [0.29, 0.717) is 5.56 Å². The number of sulfonamides is 1. The lowest BCUT2D eigenvalue weighted by atomic mass is 10.2. The topological polar surface area (TPSA) is 46.2 Å². The van der Waals surface area contributed by atoms with Crippen molar-refractivity contribution in [2.24, 2.45) is 0 Å². The Balaban J connectivity index is 2.36. The minimum absolute atomic E-state index is 0.0546. The fourth-order valence-corrected chi connectivity index (χ4v) is 3.76. The van der Waals surface area contributed by atoms with E-state index < -0.39 is 10.0 Å². The van der Waals surface area contributed by atoms with Crippen LogP contribution in [0.2, 0.25) is 0 Å². The van der Waals surface area contributed by atoms with Gasteiger partial charge < -0.3 is 0 Å². The van der Waals surface area contributed by atoms with E-state index in [4.69, 9.17) is 23.2 Å². The average molecular weight is 421 g/mol. The number of allylic oxidation sites excluding steroid dienone is 1. The molecule has 0 spiro atoms. The quantitative estimate of drug-likeness (QED) is 0.719. The first-order valence-corrected chi connectivity index (χ1v) is 9.41. The zero-order valence-corrected chi connectivity index (χ0v) is 15.2. The molecule has 7 heteroatoms. The summed E-state index contributed by atoms with van der Waals surface area (Å²) in [7, 11) is -3.72. The van der Waals surface area contributed by atoms with E-state index in [1.807, 2.05) is 12.1 Å². The van der Waals surface area contributed by atoms with Gasteiger partial charge in [-0.3, -0.25) is 4.72 Å². The molecule has 2 rings (SSSR count). The van der Waals surface area contributed by atoms with Crippen LogP contribution < -0.4 is 4.72 Å². The van der Waals surface area contributed by atoms with Gasteiger partial charge in [-0.1, -0.05) is 57.9 Å². The fraction of sp³-hybridized carbons (Fsp3) is 0.0667. The van der Waals surface area contributed by atoms with Gasteiger partial charge in [0.05, 0.1) is 21.5 Å². The summed E-state index contributed by atoms with van der Waals surface area (Å²) >= 11 is 15.5. The van der Waals surface area contributed by atoms with Crippen LogP contribution in [0.1, 0.15) is 5.56 Å². The lowest BCUT2D eigenvalue weighted by molar-refractivity contribution is 0.589. The van der Waals surface area contributed by atoms with Gasteiger partial charge in [-0.25, -0.2) is 8.42 Å². The molecule has 1 N–H and O–H groups in total. The molecule has 22 heavy (non-hydrogen) atoms. The van der Waals surface area contributed by atoms with Crippen molar-refractivity contribution in [2.45, 2.75) is 4.90 Å². The highest BCUT2D eigenvalue weighted by Gasteiger charge is 2.17. The van der Waals surface area contributed by atoms with Gasteiger partial charge in [0.15, 0.2) is 0 Å². The summed E-state index contributed by atoms with van der Waals surface area (Å²) in [5.41, 5.74) is 0.908. The number of nitrogens with one attached hydrogen (secondary N) is 1. The van der Waals surface area contributed by atoms with Crippen molar-refractivity contribution in [3.63, 3.8) is 0 Å². The molecule has 2 aromatic rings. The molecule has 0 saturated carbocycles. The zero-order valence-electron chi connectivity index (χ0n) is 11.3. The summed E-state index contributed by atoms with van der Waals surface area (Å²) in [4.78, 5) is 0.151. The van der Waals surface area contributed by atoms with Crippen molar-refractivity contribution in [1.29, 1.82) is 0 Å². The van der Waals surface area contributed by atoms with E-state index in [1.54, 1.807) is 30.3 Å². The number of alkyl halides is 1. The Morgan fingerprint density at radius 1 is 1.05 bits per heavy atom. The predicted molar refractivity (Wildman–Crippen MR) is 94.4 cm³/mol. The van der Waals surface area contributed by atoms with E-state index in [0.717, 1.165) is 4.47 Å². The van der Waals surface area contributed by atoms with Gasteiger partial charge >= 0.3 is 0 Å². The minimum atomic E-state index is -3.72. The molecule has 2 aromatic carbocycles. The SMILES string of the molecule is O=S(=O)(N/C(CCl)=C(\Cl)c1ccc(Br)cc1)c1ccccc1. The first kappa shape index (κ1) is 17.3. The number of benzene rings is 2. The number of halogens is 3. The molecule has 0 unspecified atom stereocenters. The van der Waals surface area contributed by atoms with Crippen LogP contribution >= 0.6 is 39.1 Å². The maximum absolute atomic E-state index is 12.3. The van der Waals surface area contributed by atoms with Crippen LogP contribution in [0.4, 0.5) is 0 Å². The van der Waals surface area contributed by atoms with Crippen LogP contribution in [0.15, 0.2) is 69.7 Å². The minimum Gasteiger partial charge on any atom is -0.281 e. The van der Waals surface area contributed by atoms with Gasteiger partial charge in [0, 0.05) is 4.47 Å². The van der Waals surface area contributed by atoms with E-state index in [1.165, 1.54) is 12.1 Å². The monoisotopic (exact) mass is 419 g/mol. The molecule has 3 nitrogen and oxygen atoms in total. The lowest BCUT2D eigenvalue weighted by Gasteiger charge is -2.12. The van der Waals surface area contributed by atoms with Crippen molar-refractivity contribution in [3.05, 3.63) is 70.3 Å². The molecule has 0 aromatic heterocycles. The molecule has 0 amide bonds. The lowest BCUT2D eigenvalue weighted by Crippen LogP contribution is -2.24. The standard InChI is InChI=1S/C15H12BrCl2NO2S/c16-12-8-6-11(7-9-12)15(18)14(10-17)19-22(20,21)13-4-2-1-3-5-13/h1-9,19H,10H2/b15-14-. The van der Waals surface area contributed by atoms with Crippen LogP contribution in [-0.2, 0) is 10.0 Å². The Morgan fingerprint density at radius 3 is 2.18 bits per heavy atom. The number of hydrogen-bond donors (Lipinski definition) is 1. The van der Waals surface area contributed by atoms with Crippen molar-refractivity contribution in [3.8, 4) is 0 Å². The van der Waals surface area contributed by atoms with Gasteiger partial charge in [0.2, 0.25) is 0 Å². The van der Waals surface area contributed by atoms with E-state index >= 15 is 0 Å². The fourth-order valence-electron chi connectivity index (χ4n) is 1.72. The van der Waals surface area contributed by atoms with Crippen LogP contribution in [0.5, 0.6) is 0 Å². The summed E-state index contributed by atoms with van der Waals surface area (Å²) < 4.78 is 28.0. The highest BCUT2D eigenvalue weighted by molar-refractivity contribution is 9.10. The van der Waals surface area contributed by atoms with Gasteiger partial charge in [-0.2, -0.15) is 0 Å². The van der Waals surface area contributed by atoms with Crippen LogP contribution in [0.3, 0.4) is 0 Å². The summed E-state index contributed by atoms with van der Waals surface area (Å²) in [6, 6.07) is 15.2. The first-order valence-electron chi connectivity index (χ1n) is 6.22. The van der Waals surface area contributed by atoms with Gasteiger partial charge in [-0.15, -0.1) is 11.6 Å². The maximum atomic E-state index is 12.3. The molecule has 0 radical (unpaired) electrons. The molecule has 0 fully saturated rings. The van der Waals surface area contributed by atoms with Crippen molar-refractivity contribution < 1.29 is 8.42 Å². The molecule has 116 valence electrons. The molecular formula is C15H12BrCl2NO2S. The third-order valence-corrected chi connectivity index (χ3v) is 5.46. The normalized spacial score (nSPS) is 12.7. The second-order valence-electron chi connectivity index (χ2n) is 4.35. The Hall–Kier alpha value is -1.01. The molecule has 0 aliphatic rings. The summed E-state index contributed by atoms with van der Waals surface area (Å²) in [5.74, 6) is -0.0546.